The van der Waals surface area contributed by atoms with Gasteiger partial charge in [-0.05, 0) is 19.4 Å². The average Bonchev–Trinajstić information content (AvgIpc) is 2.29. The van der Waals surface area contributed by atoms with Gasteiger partial charge in [0.2, 0.25) is 0 Å². The van der Waals surface area contributed by atoms with Gasteiger partial charge in [0.05, 0.1) is 18.4 Å². The molecule has 92 valence electrons. The predicted octanol–water partition coefficient (Wildman–Crippen LogP) is 0.640. The lowest BCUT2D eigenvalue weighted by molar-refractivity contribution is -0.159. The maximum atomic E-state index is 11.7. The molecular formula is C11H19NO4. The minimum atomic E-state index is -0.904. The lowest BCUT2D eigenvalue weighted by Crippen LogP contribution is -2.44. The van der Waals surface area contributed by atoms with Crippen LogP contribution >= 0.6 is 0 Å². The first-order valence-corrected chi connectivity index (χ1v) is 5.77. The van der Waals surface area contributed by atoms with E-state index in [2.05, 4.69) is 5.32 Å². The third kappa shape index (κ3) is 3.48. The molecule has 0 bridgehead atoms. The highest BCUT2D eigenvalue weighted by atomic mass is 16.5. The van der Waals surface area contributed by atoms with Crippen LogP contribution in [0.2, 0.25) is 0 Å². The van der Waals surface area contributed by atoms with Crippen molar-refractivity contribution in [3.8, 4) is 0 Å². The third-order valence-corrected chi connectivity index (χ3v) is 2.84. The number of carboxylic acid groups (broad SMARTS) is 1. The van der Waals surface area contributed by atoms with Gasteiger partial charge in [0.25, 0.3) is 0 Å². The molecule has 1 aliphatic rings. The van der Waals surface area contributed by atoms with Gasteiger partial charge in [0.1, 0.15) is 0 Å². The van der Waals surface area contributed by atoms with Gasteiger partial charge in [-0.1, -0.05) is 13.3 Å². The summed E-state index contributed by atoms with van der Waals surface area (Å²) in [5.41, 5.74) is 0. The van der Waals surface area contributed by atoms with Crippen molar-refractivity contribution in [2.45, 2.75) is 26.2 Å². The molecule has 0 amide bonds. The van der Waals surface area contributed by atoms with Gasteiger partial charge in [-0.3, -0.25) is 9.59 Å². The highest BCUT2D eigenvalue weighted by molar-refractivity contribution is 5.81. The van der Waals surface area contributed by atoms with E-state index in [1.54, 1.807) is 0 Å². The molecule has 2 atom stereocenters. The molecule has 1 saturated heterocycles. The minimum Gasteiger partial charge on any atom is -0.481 e. The second kappa shape index (κ2) is 6.48. The topological polar surface area (TPSA) is 75.6 Å². The number of unbranched alkanes of at least 4 members (excludes halogenated alkanes) is 1. The number of esters is 1. The summed E-state index contributed by atoms with van der Waals surface area (Å²) in [5, 5.41) is 12.0. The van der Waals surface area contributed by atoms with E-state index in [1.165, 1.54) is 0 Å². The molecule has 0 radical (unpaired) electrons. The van der Waals surface area contributed by atoms with Crippen molar-refractivity contribution in [2.75, 3.05) is 19.7 Å². The molecule has 0 aromatic carbocycles. The van der Waals surface area contributed by atoms with E-state index in [4.69, 9.17) is 9.84 Å². The summed E-state index contributed by atoms with van der Waals surface area (Å²) in [6.07, 6.45) is 2.27. The Bertz CT molecular complexity index is 254. The van der Waals surface area contributed by atoms with Crippen LogP contribution in [0.15, 0.2) is 0 Å². The zero-order valence-electron chi connectivity index (χ0n) is 9.57. The number of carbonyl (C=O) groups is 2. The van der Waals surface area contributed by atoms with Crippen molar-refractivity contribution in [3.63, 3.8) is 0 Å². The molecule has 0 spiro atoms. The molecule has 0 aromatic rings. The van der Waals surface area contributed by atoms with E-state index in [1.807, 2.05) is 6.92 Å². The molecule has 0 aliphatic carbocycles. The normalized spacial score (nSPS) is 25.1. The zero-order valence-corrected chi connectivity index (χ0v) is 9.57. The second-order valence-electron chi connectivity index (χ2n) is 4.07. The number of rotatable bonds is 5. The Morgan fingerprint density at radius 3 is 2.81 bits per heavy atom. The third-order valence-electron chi connectivity index (χ3n) is 2.84. The number of piperidine rings is 1. The fraction of sp³-hybridized carbons (Fsp3) is 0.818. The van der Waals surface area contributed by atoms with Crippen LogP contribution in [0.25, 0.3) is 0 Å². The Morgan fingerprint density at radius 1 is 1.44 bits per heavy atom. The van der Waals surface area contributed by atoms with Gasteiger partial charge >= 0.3 is 11.9 Å². The van der Waals surface area contributed by atoms with Gasteiger partial charge in [-0.25, -0.2) is 0 Å². The number of hydrogen-bond donors (Lipinski definition) is 2. The first-order chi connectivity index (χ1) is 7.66. The zero-order chi connectivity index (χ0) is 12.0. The van der Waals surface area contributed by atoms with Crippen LogP contribution in [-0.4, -0.2) is 36.7 Å². The van der Waals surface area contributed by atoms with Crippen LogP contribution in [0, 0.1) is 11.8 Å². The van der Waals surface area contributed by atoms with Gasteiger partial charge in [0.15, 0.2) is 0 Å². The lowest BCUT2D eigenvalue weighted by Gasteiger charge is -2.27. The van der Waals surface area contributed by atoms with E-state index in [0.717, 1.165) is 12.8 Å². The van der Waals surface area contributed by atoms with E-state index < -0.39 is 17.8 Å². The molecule has 2 unspecified atom stereocenters. The average molecular weight is 229 g/mol. The van der Waals surface area contributed by atoms with E-state index >= 15 is 0 Å². The Morgan fingerprint density at radius 2 is 2.19 bits per heavy atom. The maximum Gasteiger partial charge on any atom is 0.311 e. The van der Waals surface area contributed by atoms with Crippen molar-refractivity contribution in [1.82, 2.24) is 5.32 Å². The number of carbonyl (C=O) groups excluding carboxylic acids is 1. The summed E-state index contributed by atoms with van der Waals surface area (Å²) >= 11 is 0. The smallest absolute Gasteiger partial charge is 0.311 e. The van der Waals surface area contributed by atoms with Crippen LogP contribution in [-0.2, 0) is 14.3 Å². The van der Waals surface area contributed by atoms with Crippen molar-refractivity contribution < 1.29 is 19.4 Å². The molecule has 5 heteroatoms. The Hall–Kier alpha value is -1.10. The van der Waals surface area contributed by atoms with E-state index in [-0.39, 0.29) is 5.97 Å². The molecule has 1 heterocycles. The largest absolute Gasteiger partial charge is 0.481 e. The molecule has 0 aromatic heterocycles. The number of hydrogen-bond acceptors (Lipinski definition) is 4. The van der Waals surface area contributed by atoms with Crippen LogP contribution in [0.3, 0.4) is 0 Å². The van der Waals surface area contributed by atoms with Gasteiger partial charge in [-0.15, -0.1) is 0 Å². The fourth-order valence-electron chi connectivity index (χ4n) is 1.83. The second-order valence-corrected chi connectivity index (χ2v) is 4.07. The Balaban J connectivity index is 2.47. The summed E-state index contributed by atoms with van der Waals surface area (Å²) in [6.45, 7) is 3.45. The molecule has 5 nitrogen and oxygen atoms in total. The molecular weight excluding hydrogens is 210 g/mol. The highest BCUT2D eigenvalue weighted by Crippen LogP contribution is 2.20. The van der Waals surface area contributed by atoms with Crippen molar-refractivity contribution >= 4 is 11.9 Å². The summed E-state index contributed by atoms with van der Waals surface area (Å²) in [7, 11) is 0. The van der Waals surface area contributed by atoms with Crippen molar-refractivity contribution in [2.24, 2.45) is 11.8 Å². The van der Waals surface area contributed by atoms with E-state index in [0.29, 0.717) is 26.1 Å². The van der Waals surface area contributed by atoms with Gasteiger partial charge in [-0.2, -0.15) is 0 Å². The number of aliphatic carboxylic acids is 1. The van der Waals surface area contributed by atoms with Gasteiger partial charge < -0.3 is 15.2 Å². The summed E-state index contributed by atoms with van der Waals surface area (Å²) in [4.78, 5) is 22.6. The number of carboxylic acids is 1. The Labute approximate surface area is 95.2 Å². The van der Waals surface area contributed by atoms with Crippen LogP contribution in [0.1, 0.15) is 26.2 Å². The van der Waals surface area contributed by atoms with Crippen molar-refractivity contribution in [3.05, 3.63) is 0 Å². The maximum absolute atomic E-state index is 11.7. The molecule has 1 rings (SSSR count). The summed E-state index contributed by atoms with van der Waals surface area (Å²) < 4.78 is 5.06. The summed E-state index contributed by atoms with van der Waals surface area (Å²) in [6, 6.07) is 0. The van der Waals surface area contributed by atoms with Crippen molar-refractivity contribution in [1.29, 1.82) is 0 Å². The quantitative estimate of drug-likeness (QED) is 0.534. The molecule has 16 heavy (non-hydrogen) atoms. The van der Waals surface area contributed by atoms with E-state index in [9.17, 15) is 9.59 Å². The fourth-order valence-corrected chi connectivity index (χ4v) is 1.83. The van der Waals surface area contributed by atoms with Crippen LogP contribution in [0.4, 0.5) is 0 Å². The first kappa shape index (κ1) is 13.0. The molecule has 0 saturated carbocycles. The van der Waals surface area contributed by atoms with Crippen LogP contribution < -0.4 is 5.32 Å². The summed E-state index contributed by atoms with van der Waals surface area (Å²) in [5.74, 6) is -2.43. The van der Waals surface area contributed by atoms with Gasteiger partial charge in [0, 0.05) is 6.54 Å². The number of ether oxygens (including phenoxy) is 1. The predicted molar refractivity (Wildman–Crippen MR) is 58.0 cm³/mol. The monoisotopic (exact) mass is 229 g/mol. The molecule has 1 aliphatic heterocycles. The number of nitrogens with one attached hydrogen (secondary N) is 1. The Kier molecular flexibility index (Phi) is 5.25. The standard InChI is InChI=1S/C11H19NO4/c1-2-3-6-16-11(15)9-7-12-5-4-8(9)10(13)14/h8-9,12H,2-7H2,1H3,(H,13,14). The minimum absolute atomic E-state index is 0.381. The highest BCUT2D eigenvalue weighted by Gasteiger charge is 2.36. The SMILES string of the molecule is CCCCOC(=O)C1CNCCC1C(=O)O. The molecule has 2 N–H and O–H groups in total. The molecule has 1 fully saturated rings. The first-order valence-electron chi connectivity index (χ1n) is 5.77. The lowest BCUT2D eigenvalue weighted by atomic mass is 9.86. The van der Waals surface area contributed by atoms with Crippen LogP contribution in [0.5, 0.6) is 0 Å².